The molecule has 1 N–H and O–H groups in total. The van der Waals surface area contributed by atoms with Crippen LogP contribution in [-0.2, 0) is 14.8 Å². The smallest absolute Gasteiger partial charge is 0.252 e. The van der Waals surface area contributed by atoms with E-state index in [4.69, 9.17) is 0 Å². The van der Waals surface area contributed by atoms with Gasteiger partial charge in [-0.25, -0.2) is 8.42 Å². The molecule has 0 radical (unpaired) electrons. The van der Waals surface area contributed by atoms with Crippen LogP contribution in [0.4, 0.5) is 5.69 Å². The second kappa shape index (κ2) is 6.17. The fourth-order valence-corrected chi connectivity index (χ4v) is 3.90. The number of para-hydroxylation sites is 1. The standard InChI is InChI=1S/C13H14N2O3S2/c1-15(20(17,18)13-8-5-9-19-13)10-12(16)14-11-6-3-2-4-7-11/h2-9H,10H2,1H3,(H,14,16). The number of nitrogens with zero attached hydrogens (tertiary/aromatic N) is 1. The largest absolute Gasteiger partial charge is 0.325 e. The van der Waals surface area contributed by atoms with Crippen LogP contribution in [0.2, 0.25) is 0 Å². The minimum Gasteiger partial charge on any atom is -0.325 e. The normalized spacial score (nSPS) is 11.5. The van der Waals surface area contributed by atoms with Crippen molar-refractivity contribution in [1.29, 1.82) is 0 Å². The lowest BCUT2D eigenvalue weighted by Crippen LogP contribution is -2.34. The third kappa shape index (κ3) is 3.44. The minimum absolute atomic E-state index is 0.227. The maximum absolute atomic E-state index is 12.1. The van der Waals surface area contributed by atoms with Gasteiger partial charge in [0.2, 0.25) is 5.91 Å². The molecule has 0 saturated heterocycles. The summed E-state index contributed by atoms with van der Waals surface area (Å²) in [6, 6.07) is 12.1. The first kappa shape index (κ1) is 14.7. The lowest BCUT2D eigenvalue weighted by Gasteiger charge is -2.15. The Morgan fingerprint density at radius 1 is 1.20 bits per heavy atom. The van der Waals surface area contributed by atoms with Crippen molar-refractivity contribution in [2.45, 2.75) is 4.21 Å². The highest BCUT2D eigenvalue weighted by atomic mass is 32.2. The summed E-state index contributed by atoms with van der Waals surface area (Å²) in [6.07, 6.45) is 0. The Bertz CT molecular complexity index is 667. The average molecular weight is 310 g/mol. The van der Waals surface area contributed by atoms with Crippen LogP contribution < -0.4 is 5.32 Å². The maximum atomic E-state index is 12.1. The van der Waals surface area contributed by atoms with E-state index in [-0.39, 0.29) is 16.7 Å². The monoisotopic (exact) mass is 310 g/mol. The van der Waals surface area contributed by atoms with E-state index >= 15 is 0 Å². The summed E-state index contributed by atoms with van der Waals surface area (Å²) in [6.45, 7) is -0.227. The third-order valence-electron chi connectivity index (χ3n) is 2.58. The van der Waals surface area contributed by atoms with Gasteiger partial charge in [0.25, 0.3) is 10.0 Å². The van der Waals surface area contributed by atoms with Crippen molar-refractivity contribution >= 4 is 33.0 Å². The number of sulfonamides is 1. The molecule has 1 amide bonds. The molecule has 2 rings (SSSR count). The number of likely N-dealkylation sites (N-methyl/N-ethyl adjacent to an activating group) is 1. The molecule has 0 aliphatic rings. The highest BCUT2D eigenvalue weighted by Crippen LogP contribution is 2.19. The molecular weight excluding hydrogens is 296 g/mol. The summed E-state index contributed by atoms with van der Waals surface area (Å²) in [5.41, 5.74) is 0.638. The van der Waals surface area contributed by atoms with Gasteiger partial charge in [-0.2, -0.15) is 4.31 Å². The minimum atomic E-state index is -3.59. The van der Waals surface area contributed by atoms with E-state index in [1.165, 1.54) is 13.1 Å². The highest BCUT2D eigenvalue weighted by Gasteiger charge is 2.23. The average Bonchev–Trinajstić information content (AvgIpc) is 2.94. The van der Waals surface area contributed by atoms with Gasteiger partial charge in [-0.3, -0.25) is 4.79 Å². The fourth-order valence-electron chi connectivity index (χ4n) is 1.57. The van der Waals surface area contributed by atoms with Crippen LogP contribution in [0.5, 0.6) is 0 Å². The Morgan fingerprint density at radius 3 is 2.50 bits per heavy atom. The van der Waals surface area contributed by atoms with E-state index in [2.05, 4.69) is 5.32 Å². The summed E-state index contributed by atoms with van der Waals surface area (Å²) in [5.74, 6) is -0.376. The molecule has 1 heterocycles. The van der Waals surface area contributed by atoms with E-state index in [9.17, 15) is 13.2 Å². The molecule has 0 aliphatic heterocycles. The second-order valence-electron chi connectivity index (χ2n) is 4.11. The fraction of sp³-hybridized carbons (Fsp3) is 0.154. The summed E-state index contributed by atoms with van der Waals surface area (Å²) < 4.78 is 25.5. The Kier molecular flexibility index (Phi) is 4.53. The molecule has 0 unspecified atom stereocenters. The molecule has 5 nitrogen and oxygen atoms in total. The van der Waals surface area contributed by atoms with Gasteiger partial charge in [0.1, 0.15) is 4.21 Å². The van der Waals surface area contributed by atoms with Gasteiger partial charge < -0.3 is 5.32 Å². The Balaban J connectivity index is 2.01. The first-order valence-corrected chi connectivity index (χ1v) is 8.17. The van der Waals surface area contributed by atoms with E-state index in [0.717, 1.165) is 15.6 Å². The molecular formula is C13H14N2O3S2. The number of nitrogens with one attached hydrogen (secondary N) is 1. The summed E-state index contributed by atoms with van der Waals surface area (Å²) in [7, 11) is -2.20. The highest BCUT2D eigenvalue weighted by molar-refractivity contribution is 7.91. The molecule has 0 fully saturated rings. The summed E-state index contributed by atoms with van der Waals surface area (Å²) >= 11 is 1.13. The number of anilines is 1. The van der Waals surface area contributed by atoms with Gasteiger partial charge in [0.05, 0.1) is 6.54 Å². The van der Waals surface area contributed by atoms with Crippen molar-refractivity contribution in [1.82, 2.24) is 4.31 Å². The molecule has 0 atom stereocenters. The second-order valence-corrected chi connectivity index (χ2v) is 7.33. The Labute approximate surface area is 121 Å². The molecule has 1 aromatic heterocycles. The van der Waals surface area contributed by atoms with Gasteiger partial charge in [-0.05, 0) is 23.6 Å². The number of rotatable bonds is 5. The van der Waals surface area contributed by atoms with Gasteiger partial charge in [0, 0.05) is 12.7 Å². The van der Waals surface area contributed by atoms with Crippen LogP contribution in [0.3, 0.4) is 0 Å². The van der Waals surface area contributed by atoms with Gasteiger partial charge in [0.15, 0.2) is 0 Å². The predicted octanol–water partition coefficient (Wildman–Crippen LogP) is 2.01. The number of hydrogen-bond donors (Lipinski definition) is 1. The zero-order valence-corrected chi connectivity index (χ0v) is 12.4. The molecule has 20 heavy (non-hydrogen) atoms. The topological polar surface area (TPSA) is 66.5 Å². The van der Waals surface area contributed by atoms with Crippen LogP contribution >= 0.6 is 11.3 Å². The third-order valence-corrected chi connectivity index (χ3v) is 5.76. The Morgan fingerprint density at radius 2 is 1.90 bits per heavy atom. The number of carbonyl (C=O) groups is 1. The van der Waals surface area contributed by atoms with Gasteiger partial charge in [-0.1, -0.05) is 24.3 Å². The lowest BCUT2D eigenvalue weighted by molar-refractivity contribution is -0.116. The zero-order valence-electron chi connectivity index (χ0n) is 10.8. The number of benzene rings is 1. The van der Waals surface area contributed by atoms with Crippen LogP contribution in [0.15, 0.2) is 52.1 Å². The predicted molar refractivity (Wildman–Crippen MR) is 79.2 cm³/mol. The lowest BCUT2D eigenvalue weighted by atomic mass is 10.3. The van der Waals surface area contributed by atoms with Crippen molar-refractivity contribution in [3.63, 3.8) is 0 Å². The van der Waals surface area contributed by atoms with E-state index in [1.807, 2.05) is 6.07 Å². The number of thiophene rings is 1. The molecule has 1 aromatic carbocycles. The van der Waals surface area contributed by atoms with Crippen LogP contribution in [0.1, 0.15) is 0 Å². The van der Waals surface area contributed by atoms with Crippen LogP contribution in [-0.4, -0.2) is 32.2 Å². The summed E-state index contributed by atoms with van der Waals surface area (Å²) in [4.78, 5) is 11.8. The first-order valence-electron chi connectivity index (χ1n) is 5.85. The molecule has 106 valence electrons. The SMILES string of the molecule is CN(CC(=O)Nc1ccccc1)S(=O)(=O)c1cccs1. The number of amides is 1. The van der Waals surface area contributed by atoms with Crippen LogP contribution in [0, 0.1) is 0 Å². The molecule has 7 heteroatoms. The Hall–Kier alpha value is -1.70. The molecule has 0 aliphatic carbocycles. The quantitative estimate of drug-likeness (QED) is 0.918. The van der Waals surface area contributed by atoms with E-state index in [1.54, 1.807) is 35.7 Å². The van der Waals surface area contributed by atoms with Crippen molar-refractivity contribution in [3.05, 3.63) is 47.8 Å². The number of hydrogen-bond acceptors (Lipinski definition) is 4. The summed E-state index contributed by atoms with van der Waals surface area (Å²) in [5, 5.41) is 4.33. The van der Waals surface area contributed by atoms with Gasteiger partial charge >= 0.3 is 0 Å². The van der Waals surface area contributed by atoms with E-state index in [0.29, 0.717) is 5.69 Å². The molecule has 2 aromatic rings. The molecule has 0 spiro atoms. The van der Waals surface area contributed by atoms with Crippen molar-refractivity contribution < 1.29 is 13.2 Å². The van der Waals surface area contributed by atoms with Crippen molar-refractivity contribution in [3.8, 4) is 0 Å². The van der Waals surface area contributed by atoms with Crippen molar-refractivity contribution in [2.24, 2.45) is 0 Å². The molecule has 0 bridgehead atoms. The van der Waals surface area contributed by atoms with Crippen molar-refractivity contribution in [2.75, 3.05) is 18.9 Å². The van der Waals surface area contributed by atoms with Crippen LogP contribution in [0.25, 0.3) is 0 Å². The number of carbonyl (C=O) groups excluding carboxylic acids is 1. The van der Waals surface area contributed by atoms with Gasteiger partial charge in [-0.15, -0.1) is 11.3 Å². The first-order chi connectivity index (χ1) is 9.50. The maximum Gasteiger partial charge on any atom is 0.252 e. The zero-order chi connectivity index (χ0) is 14.6. The van der Waals surface area contributed by atoms with E-state index < -0.39 is 10.0 Å². The molecule has 0 saturated carbocycles.